The van der Waals surface area contributed by atoms with Crippen LogP contribution in [0.3, 0.4) is 0 Å². The molecule has 1 aromatic rings. The Bertz CT molecular complexity index is 478. The van der Waals surface area contributed by atoms with E-state index in [1.165, 1.54) is 0 Å². The highest BCUT2D eigenvalue weighted by atomic mass is 16.5. The molecule has 1 amide bonds. The Morgan fingerprint density at radius 3 is 2.32 bits per heavy atom. The van der Waals surface area contributed by atoms with Crippen LogP contribution in [0.25, 0.3) is 0 Å². The fourth-order valence-corrected chi connectivity index (χ4v) is 2.14. The van der Waals surface area contributed by atoms with Gasteiger partial charge in [-0.3, -0.25) is 4.79 Å². The van der Waals surface area contributed by atoms with Gasteiger partial charge in [0.05, 0.1) is 13.2 Å². The highest BCUT2D eigenvalue weighted by Crippen LogP contribution is 2.28. The number of carbonyl (C=O) groups is 1. The molecule has 4 heteroatoms. The Kier molecular flexibility index (Phi) is 7.22. The minimum absolute atomic E-state index is 0.0192. The third kappa shape index (κ3) is 6.83. The molecule has 0 spiro atoms. The number of amides is 1. The number of carbonyl (C=O) groups excluding carboxylic acids is 1. The summed E-state index contributed by atoms with van der Waals surface area (Å²) in [7, 11) is 0. The highest BCUT2D eigenvalue weighted by molar-refractivity contribution is 5.76. The van der Waals surface area contributed by atoms with E-state index in [0.717, 1.165) is 23.5 Å². The molecule has 0 aliphatic rings. The van der Waals surface area contributed by atoms with Gasteiger partial charge < -0.3 is 14.8 Å². The van der Waals surface area contributed by atoms with Gasteiger partial charge in [0.2, 0.25) is 5.91 Å². The van der Waals surface area contributed by atoms with Crippen molar-refractivity contribution >= 4 is 5.91 Å². The summed E-state index contributed by atoms with van der Waals surface area (Å²) in [6.07, 6.45) is 1.32. The fourth-order valence-electron chi connectivity index (χ4n) is 2.14. The lowest BCUT2D eigenvalue weighted by atomic mass is 9.92. The van der Waals surface area contributed by atoms with Crippen LogP contribution in [-0.4, -0.2) is 25.7 Å². The van der Waals surface area contributed by atoms with Crippen molar-refractivity contribution in [2.24, 2.45) is 5.41 Å². The lowest BCUT2D eigenvalue weighted by Crippen LogP contribution is -2.29. The van der Waals surface area contributed by atoms with E-state index < -0.39 is 0 Å². The summed E-state index contributed by atoms with van der Waals surface area (Å²) in [5.74, 6) is 1.64. The standard InChI is InChI=1S/C18H29NO3/c1-6-21-15-9-8-14(12-16(15)22-7-2)10-11-19-17(20)13-18(3,4)5/h8-9,12H,6-7,10-11,13H2,1-5H3,(H,19,20). The van der Waals surface area contributed by atoms with Crippen LogP contribution in [0, 0.1) is 5.41 Å². The van der Waals surface area contributed by atoms with Gasteiger partial charge in [-0.15, -0.1) is 0 Å². The van der Waals surface area contributed by atoms with Crippen molar-refractivity contribution in [2.75, 3.05) is 19.8 Å². The minimum atomic E-state index is 0.0192. The van der Waals surface area contributed by atoms with Crippen LogP contribution in [0.5, 0.6) is 11.5 Å². The summed E-state index contributed by atoms with van der Waals surface area (Å²) in [4.78, 5) is 11.8. The zero-order chi connectivity index (χ0) is 16.6. The first-order valence-corrected chi connectivity index (χ1v) is 8.01. The van der Waals surface area contributed by atoms with Crippen molar-refractivity contribution in [2.45, 2.75) is 47.5 Å². The second kappa shape index (κ2) is 8.66. The van der Waals surface area contributed by atoms with E-state index in [2.05, 4.69) is 26.1 Å². The Balaban J connectivity index is 2.55. The summed E-state index contributed by atoms with van der Waals surface area (Å²) in [6, 6.07) is 5.94. The molecule has 1 rings (SSSR count). The zero-order valence-corrected chi connectivity index (χ0v) is 14.5. The normalized spacial score (nSPS) is 11.1. The summed E-state index contributed by atoms with van der Waals surface area (Å²) >= 11 is 0. The number of nitrogens with one attached hydrogen (secondary N) is 1. The number of benzene rings is 1. The van der Waals surface area contributed by atoms with Gasteiger partial charge in [-0.25, -0.2) is 0 Å². The molecule has 0 saturated carbocycles. The SMILES string of the molecule is CCOc1ccc(CCNC(=O)CC(C)(C)C)cc1OCC. The van der Waals surface area contributed by atoms with Crippen LogP contribution in [-0.2, 0) is 11.2 Å². The molecule has 1 aromatic carbocycles. The molecule has 0 aliphatic carbocycles. The average Bonchev–Trinajstić information content (AvgIpc) is 2.40. The molecule has 4 nitrogen and oxygen atoms in total. The van der Waals surface area contributed by atoms with E-state index in [-0.39, 0.29) is 11.3 Å². The van der Waals surface area contributed by atoms with Gasteiger partial charge >= 0.3 is 0 Å². The van der Waals surface area contributed by atoms with E-state index >= 15 is 0 Å². The first-order valence-electron chi connectivity index (χ1n) is 8.01. The first kappa shape index (κ1) is 18.3. The third-order valence-electron chi connectivity index (χ3n) is 3.03. The zero-order valence-electron chi connectivity index (χ0n) is 14.5. The Labute approximate surface area is 134 Å². The van der Waals surface area contributed by atoms with Gasteiger partial charge in [-0.2, -0.15) is 0 Å². The molecule has 1 N–H and O–H groups in total. The maximum Gasteiger partial charge on any atom is 0.220 e. The van der Waals surface area contributed by atoms with Gasteiger partial charge in [-0.1, -0.05) is 26.8 Å². The molecule has 0 unspecified atom stereocenters. The van der Waals surface area contributed by atoms with Gasteiger partial charge in [0.15, 0.2) is 11.5 Å². The number of rotatable bonds is 8. The number of hydrogen-bond acceptors (Lipinski definition) is 3. The van der Waals surface area contributed by atoms with Crippen LogP contribution in [0.4, 0.5) is 0 Å². The van der Waals surface area contributed by atoms with Crippen LogP contribution < -0.4 is 14.8 Å². The second-order valence-corrected chi connectivity index (χ2v) is 6.48. The Hall–Kier alpha value is -1.71. The molecule has 0 aromatic heterocycles. The molecule has 0 bridgehead atoms. The van der Waals surface area contributed by atoms with Crippen molar-refractivity contribution in [3.05, 3.63) is 23.8 Å². The molecule has 0 aliphatic heterocycles. The van der Waals surface area contributed by atoms with Crippen molar-refractivity contribution < 1.29 is 14.3 Å². The van der Waals surface area contributed by atoms with Gasteiger partial charge in [-0.05, 0) is 43.4 Å². The van der Waals surface area contributed by atoms with E-state index in [1.54, 1.807) is 0 Å². The molecule has 124 valence electrons. The van der Waals surface area contributed by atoms with E-state index in [4.69, 9.17) is 9.47 Å². The Morgan fingerprint density at radius 2 is 1.73 bits per heavy atom. The quantitative estimate of drug-likeness (QED) is 0.798. The van der Waals surface area contributed by atoms with Crippen LogP contribution in [0.2, 0.25) is 0 Å². The number of ether oxygens (including phenoxy) is 2. The third-order valence-corrected chi connectivity index (χ3v) is 3.03. The van der Waals surface area contributed by atoms with E-state index in [1.807, 2.05) is 32.0 Å². The molecule has 0 radical (unpaired) electrons. The Morgan fingerprint density at radius 1 is 1.09 bits per heavy atom. The first-order chi connectivity index (χ1) is 10.4. The van der Waals surface area contributed by atoms with Gasteiger partial charge in [0.1, 0.15) is 0 Å². The fraction of sp³-hybridized carbons (Fsp3) is 0.611. The van der Waals surface area contributed by atoms with Gasteiger partial charge in [0, 0.05) is 13.0 Å². The van der Waals surface area contributed by atoms with Crippen LogP contribution in [0.1, 0.15) is 46.6 Å². The van der Waals surface area contributed by atoms with Crippen molar-refractivity contribution in [3.8, 4) is 11.5 Å². The summed E-state index contributed by atoms with van der Waals surface area (Å²) < 4.78 is 11.2. The molecule has 0 atom stereocenters. The van der Waals surface area contributed by atoms with Crippen molar-refractivity contribution in [1.29, 1.82) is 0 Å². The van der Waals surface area contributed by atoms with Crippen molar-refractivity contribution in [3.63, 3.8) is 0 Å². The molecular formula is C18H29NO3. The molecule has 0 fully saturated rings. The van der Waals surface area contributed by atoms with E-state index in [9.17, 15) is 4.79 Å². The highest BCUT2D eigenvalue weighted by Gasteiger charge is 2.15. The molecule has 22 heavy (non-hydrogen) atoms. The topological polar surface area (TPSA) is 47.6 Å². The van der Waals surface area contributed by atoms with Crippen molar-refractivity contribution in [1.82, 2.24) is 5.32 Å². The van der Waals surface area contributed by atoms with E-state index in [0.29, 0.717) is 26.2 Å². The second-order valence-electron chi connectivity index (χ2n) is 6.48. The largest absolute Gasteiger partial charge is 0.490 e. The van der Waals surface area contributed by atoms with Crippen LogP contribution in [0.15, 0.2) is 18.2 Å². The average molecular weight is 307 g/mol. The number of hydrogen-bond donors (Lipinski definition) is 1. The summed E-state index contributed by atoms with van der Waals surface area (Å²) in [5.41, 5.74) is 1.15. The van der Waals surface area contributed by atoms with Gasteiger partial charge in [0.25, 0.3) is 0 Å². The predicted molar refractivity (Wildman–Crippen MR) is 89.6 cm³/mol. The lowest BCUT2D eigenvalue weighted by Gasteiger charge is -2.17. The molecule has 0 saturated heterocycles. The lowest BCUT2D eigenvalue weighted by molar-refractivity contribution is -0.122. The summed E-state index contributed by atoms with van der Waals surface area (Å²) in [6.45, 7) is 11.9. The molecular weight excluding hydrogens is 278 g/mol. The monoisotopic (exact) mass is 307 g/mol. The predicted octanol–water partition coefficient (Wildman–Crippen LogP) is 3.58. The summed E-state index contributed by atoms with van der Waals surface area (Å²) in [5, 5.41) is 2.97. The maximum atomic E-state index is 11.8. The maximum absolute atomic E-state index is 11.8. The minimum Gasteiger partial charge on any atom is -0.490 e. The van der Waals surface area contributed by atoms with Crippen LogP contribution >= 0.6 is 0 Å². The molecule has 0 heterocycles. The smallest absolute Gasteiger partial charge is 0.220 e.